The Bertz CT molecular complexity index is 1840. The number of fused-ring (bicyclic) bond motifs is 2. The molecule has 2 amide bonds. The normalized spacial score (nSPS) is 18.0. The molecule has 0 bridgehead atoms. The van der Waals surface area contributed by atoms with Crippen molar-refractivity contribution in [1.82, 2.24) is 24.6 Å². The van der Waals surface area contributed by atoms with Gasteiger partial charge >= 0.3 is 0 Å². The molecule has 1 saturated heterocycles. The van der Waals surface area contributed by atoms with Crippen LogP contribution in [0.3, 0.4) is 0 Å². The second-order valence-corrected chi connectivity index (χ2v) is 13.7. The quantitative estimate of drug-likeness (QED) is 0.198. The van der Waals surface area contributed by atoms with Crippen LogP contribution in [0.2, 0.25) is 0 Å². The van der Waals surface area contributed by atoms with Gasteiger partial charge in [-0.3, -0.25) is 14.3 Å². The third-order valence-corrected chi connectivity index (χ3v) is 9.57. The molecular weight excluding hydrogens is 598 g/mol. The van der Waals surface area contributed by atoms with Crippen LogP contribution >= 0.6 is 0 Å². The minimum absolute atomic E-state index is 0.0670. The summed E-state index contributed by atoms with van der Waals surface area (Å²) in [6.07, 6.45) is 6.36. The molecule has 0 radical (unpaired) electrons. The van der Waals surface area contributed by atoms with Gasteiger partial charge in [0.15, 0.2) is 0 Å². The number of piperazine rings is 1. The SMILES string of the molecule is CC(C)C[C@@H]1CN(C(=O)[C@H](N)Cc2ccc3ccccc3c2)[C@@H](CCCn2cncn2)CN1C(=O)[C@H](N)Cc1ccc2ccccc2c1. The van der Waals surface area contributed by atoms with E-state index in [1.165, 1.54) is 6.33 Å². The van der Waals surface area contributed by atoms with E-state index in [2.05, 4.69) is 84.6 Å². The number of hydrogen-bond donors (Lipinski definition) is 2. The van der Waals surface area contributed by atoms with Gasteiger partial charge in [0, 0.05) is 31.7 Å². The fraction of sp³-hybridized carbons (Fsp3) is 0.385. The molecule has 2 heterocycles. The molecule has 250 valence electrons. The second-order valence-electron chi connectivity index (χ2n) is 13.7. The van der Waals surface area contributed by atoms with E-state index in [1.54, 1.807) is 11.0 Å². The van der Waals surface area contributed by atoms with E-state index < -0.39 is 12.1 Å². The average molecular weight is 646 g/mol. The largest absolute Gasteiger partial charge is 0.335 e. The van der Waals surface area contributed by atoms with Crippen molar-refractivity contribution in [2.75, 3.05) is 13.1 Å². The number of aromatic nitrogens is 3. The minimum atomic E-state index is -0.693. The van der Waals surface area contributed by atoms with Crippen molar-refractivity contribution >= 4 is 33.4 Å². The molecule has 4 atom stereocenters. The summed E-state index contributed by atoms with van der Waals surface area (Å²) in [6, 6.07) is 27.2. The smallest absolute Gasteiger partial charge is 0.240 e. The number of carbonyl (C=O) groups is 2. The first kappa shape index (κ1) is 33.3. The molecule has 1 fully saturated rings. The van der Waals surface area contributed by atoms with Crippen LogP contribution in [-0.2, 0) is 29.0 Å². The predicted octanol–water partition coefficient (Wildman–Crippen LogP) is 4.96. The van der Waals surface area contributed by atoms with Crippen LogP contribution in [0.5, 0.6) is 0 Å². The predicted molar refractivity (Wildman–Crippen MR) is 191 cm³/mol. The van der Waals surface area contributed by atoms with Crippen LogP contribution in [0, 0.1) is 5.92 Å². The van der Waals surface area contributed by atoms with Gasteiger partial charge in [0.05, 0.1) is 12.1 Å². The van der Waals surface area contributed by atoms with E-state index in [0.29, 0.717) is 44.8 Å². The highest BCUT2D eigenvalue weighted by atomic mass is 16.2. The van der Waals surface area contributed by atoms with Crippen molar-refractivity contribution in [3.05, 3.63) is 109 Å². The van der Waals surface area contributed by atoms with Gasteiger partial charge in [0.2, 0.25) is 11.8 Å². The summed E-state index contributed by atoms with van der Waals surface area (Å²) >= 11 is 0. The summed E-state index contributed by atoms with van der Waals surface area (Å²) in [4.78, 5) is 36.4. The first-order chi connectivity index (χ1) is 23.2. The lowest BCUT2D eigenvalue weighted by atomic mass is 9.93. The lowest BCUT2D eigenvalue weighted by molar-refractivity contribution is -0.149. The number of carbonyl (C=O) groups excluding carboxylic acids is 2. The summed E-state index contributed by atoms with van der Waals surface area (Å²) in [5, 5.41) is 8.82. The van der Waals surface area contributed by atoms with Gasteiger partial charge in [-0.25, -0.2) is 4.98 Å². The summed E-state index contributed by atoms with van der Waals surface area (Å²) in [7, 11) is 0. The summed E-state index contributed by atoms with van der Waals surface area (Å²) in [6.45, 7) is 5.84. The first-order valence-electron chi connectivity index (χ1n) is 17.1. The Balaban J connectivity index is 1.21. The fourth-order valence-electron chi connectivity index (χ4n) is 7.16. The van der Waals surface area contributed by atoms with Crippen LogP contribution in [0.25, 0.3) is 21.5 Å². The maximum Gasteiger partial charge on any atom is 0.240 e. The van der Waals surface area contributed by atoms with Crippen LogP contribution in [0.1, 0.15) is 44.2 Å². The maximum absolute atomic E-state index is 14.2. The molecule has 0 unspecified atom stereocenters. The summed E-state index contributed by atoms with van der Waals surface area (Å²) in [5.41, 5.74) is 15.4. The number of rotatable bonds is 12. The number of nitrogens with zero attached hydrogens (tertiary/aromatic N) is 5. The highest BCUT2D eigenvalue weighted by Crippen LogP contribution is 2.26. The lowest BCUT2D eigenvalue weighted by Crippen LogP contribution is -2.65. The van der Waals surface area contributed by atoms with Crippen molar-refractivity contribution in [2.24, 2.45) is 17.4 Å². The Hall–Kier alpha value is -4.60. The third-order valence-electron chi connectivity index (χ3n) is 9.57. The van der Waals surface area contributed by atoms with Gasteiger partial charge in [-0.2, -0.15) is 5.10 Å². The zero-order valence-electron chi connectivity index (χ0n) is 28.0. The van der Waals surface area contributed by atoms with Crippen molar-refractivity contribution in [2.45, 2.75) is 76.7 Å². The molecule has 9 heteroatoms. The molecule has 5 aromatic rings. The molecule has 1 aromatic heterocycles. The van der Waals surface area contributed by atoms with Gasteiger partial charge < -0.3 is 21.3 Å². The lowest BCUT2D eigenvalue weighted by Gasteiger charge is -2.48. The topological polar surface area (TPSA) is 123 Å². The van der Waals surface area contributed by atoms with Crippen molar-refractivity contribution in [3.63, 3.8) is 0 Å². The van der Waals surface area contributed by atoms with E-state index in [4.69, 9.17) is 11.5 Å². The number of benzene rings is 4. The fourth-order valence-corrected chi connectivity index (χ4v) is 7.16. The molecule has 48 heavy (non-hydrogen) atoms. The number of amides is 2. The zero-order chi connectivity index (χ0) is 33.6. The number of nitrogens with two attached hydrogens (primary N) is 2. The monoisotopic (exact) mass is 645 g/mol. The minimum Gasteiger partial charge on any atom is -0.335 e. The van der Waals surface area contributed by atoms with Crippen molar-refractivity contribution in [1.29, 1.82) is 0 Å². The van der Waals surface area contributed by atoms with Crippen molar-refractivity contribution < 1.29 is 9.59 Å². The van der Waals surface area contributed by atoms with Gasteiger partial charge in [0.1, 0.15) is 12.7 Å². The summed E-state index contributed by atoms with van der Waals surface area (Å²) in [5.74, 6) is 0.187. The number of aryl methyl sites for hydroxylation is 1. The van der Waals surface area contributed by atoms with Gasteiger partial charge in [0.25, 0.3) is 0 Å². The highest BCUT2D eigenvalue weighted by molar-refractivity contribution is 5.87. The van der Waals surface area contributed by atoms with Crippen LogP contribution in [0.4, 0.5) is 0 Å². The van der Waals surface area contributed by atoms with E-state index in [0.717, 1.165) is 45.5 Å². The number of hydrogen-bond acceptors (Lipinski definition) is 6. The Labute approximate surface area is 282 Å². The Morgan fingerprint density at radius 3 is 1.79 bits per heavy atom. The average Bonchev–Trinajstić information content (AvgIpc) is 3.61. The summed E-state index contributed by atoms with van der Waals surface area (Å²) < 4.78 is 1.80. The van der Waals surface area contributed by atoms with E-state index in [1.807, 2.05) is 34.1 Å². The molecule has 6 rings (SSSR count). The Morgan fingerprint density at radius 1 is 0.750 bits per heavy atom. The van der Waals surface area contributed by atoms with Crippen LogP contribution in [-0.4, -0.2) is 73.6 Å². The Morgan fingerprint density at radius 2 is 1.27 bits per heavy atom. The molecule has 1 aliphatic heterocycles. The van der Waals surface area contributed by atoms with Gasteiger partial charge in [-0.15, -0.1) is 0 Å². The molecule has 9 nitrogen and oxygen atoms in total. The van der Waals surface area contributed by atoms with Crippen LogP contribution in [0.15, 0.2) is 97.6 Å². The van der Waals surface area contributed by atoms with Crippen LogP contribution < -0.4 is 11.5 Å². The molecule has 4 N–H and O–H groups in total. The maximum atomic E-state index is 14.2. The molecule has 0 aliphatic carbocycles. The standard InChI is InChI=1S/C39H47N7O2/c1-27(2)18-35-24-45(38(47)36(40)21-28-13-15-30-8-3-5-10-32(30)19-28)34(12-7-17-44-26-42-25-43-44)23-46(35)39(48)37(41)22-29-14-16-31-9-4-6-11-33(31)20-29/h3-6,8-11,13-16,19-20,25-27,34-37H,7,12,17-18,21-24,40-41H2,1-2H3/t34-,35+,36+,37+/m0/s1. The highest BCUT2D eigenvalue weighted by Gasteiger charge is 2.41. The second kappa shape index (κ2) is 15.1. The van der Waals surface area contributed by atoms with Gasteiger partial charge in [-0.1, -0.05) is 98.8 Å². The van der Waals surface area contributed by atoms with Gasteiger partial charge in [-0.05, 0) is 70.7 Å². The first-order valence-corrected chi connectivity index (χ1v) is 17.1. The molecule has 0 saturated carbocycles. The van der Waals surface area contributed by atoms with Crippen molar-refractivity contribution in [3.8, 4) is 0 Å². The Kier molecular flexibility index (Phi) is 10.5. The molecule has 0 spiro atoms. The zero-order valence-corrected chi connectivity index (χ0v) is 28.0. The van der Waals surface area contributed by atoms with E-state index >= 15 is 0 Å². The molecular formula is C39H47N7O2. The molecule has 1 aliphatic rings. The van der Waals surface area contributed by atoms with E-state index in [9.17, 15) is 9.59 Å². The third kappa shape index (κ3) is 7.91. The van der Waals surface area contributed by atoms with E-state index in [-0.39, 0.29) is 23.9 Å². The molecule has 4 aromatic carbocycles.